The summed E-state index contributed by atoms with van der Waals surface area (Å²) in [7, 11) is 5.92. The summed E-state index contributed by atoms with van der Waals surface area (Å²) in [5, 5.41) is 0. The van der Waals surface area contributed by atoms with E-state index in [1.165, 1.54) is 5.56 Å². The molecule has 0 amide bonds. The second-order valence-electron chi connectivity index (χ2n) is 4.45. The minimum atomic E-state index is 0.729. The van der Waals surface area contributed by atoms with Gasteiger partial charge in [0.05, 0.1) is 0 Å². The Kier molecular flexibility index (Phi) is 3.77. The molecule has 0 N–H and O–H groups in total. The minimum Gasteiger partial charge on any atom is -0.355 e. The van der Waals surface area contributed by atoms with E-state index in [-0.39, 0.29) is 0 Å². The first-order valence-electron chi connectivity index (χ1n) is 5.92. The van der Waals surface area contributed by atoms with Gasteiger partial charge in [0.15, 0.2) is 0 Å². The van der Waals surface area contributed by atoms with Gasteiger partial charge in [0, 0.05) is 33.9 Å². The lowest BCUT2D eigenvalue weighted by Gasteiger charge is -2.19. The molecular weight excluding hydrogens is 224 g/mol. The summed E-state index contributed by atoms with van der Waals surface area (Å²) in [6.45, 7) is 0.838. The molecule has 0 aliphatic heterocycles. The molecule has 0 radical (unpaired) electrons. The molecule has 0 atom stereocenters. The molecule has 18 heavy (non-hydrogen) atoms. The Bertz CT molecular complexity index is 496. The zero-order valence-electron chi connectivity index (χ0n) is 11.0. The van der Waals surface area contributed by atoms with Crippen LogP contribution in [-0.2, 0) is 6.54 Å². The van der Waals surface area contributed by atoms with Crippen molar-refractivity contribution in [3.8, 4) is 0 Å². The van der Waals surface area contributed by atoms with E-state index < -0.39 is 0 Å². The predicted molar refractivity (Wildman–Crippen MR) is 74.9 cm³/mol. The van der Waals surface area contributed by atoms with Gasteiger partial charge in [-0.1, -0.05) is 30.3 Å². The number of nitrogens with zero attached hydrogens (tertiary/aromatic N) is 4. The van der Waals surface area contributed by atoms with Crippen molar-refractivity contribution in [3.63, 3.8) is 0 Å². The van der Waals surface area contributed by atoms with Gasteiger partial charge >= 0.3 is 0 Å². The van der Waals surface area contributed by atoms with Crippen molar-refractivity contribution in [1.29, 1.82) is 0 Å². The molecule has 1 aromatic carbocycles. The summed E-state index contributed by atoms with van der Waals surface area (Å²) < 4.78 is 0. The van der Waals surface area contributed by atoms with Gasteiger partial charge in [-0.25, -0.2) is 4.98 Å². The molecule has 4 heteroatoms. The van der Waals surface area contributed by atoms with Gasteiger partial charge < -0.3 is 9.80 Å². The Morgan fingerprint density at radius 2 is 1.72 bits per heavy atom. The summed E-state index contributed by atoms with van der Waals surface area (Å²) in [5.74, 6) is 1.66. The lowest BCUT2D eigenvalue weighted by Crippen LogP contribution is -2.20. The second-order valence-corrected chi connectivity index (χ2v) is 4.45. The van der Waals surface area contributed by atoms with Crippen molar-refractivity contribution in [2.24, 2.45) is 0 Å². The molecular formula is C14H18N4. The first-order valence-corrected chi connectivity index (χ1v) is 5.92. The Labute approximate surface area is 108 Å². The Balaban J connectivity index is 2.14. The van der Waals surface area contributed by atoms with E-state index in [2.05, 4.69) is 39.1 Å². The van der Waals surface area contributed by atoms with Crippen LogP contribution in [0.15, 0.2) is 42.6 Å². The third kappa shape index (κ3) is 2.97. The van der Waals surface area contributed by atoms with Crippen molar-refractivity contribution in [1.82, 2.24) is 9.97 Å². The zero-order valence-corrected chi connectivity index (χ0v) is 11.0. The molecule has 0 saturated heterocycles. The molecule has 4 nitrogen and oxygen atoms in total. The van der Waals surface area contributed by atoms with Gasteiger partial charge in [-0.2, -0.15) is 4.98 Å². The van der Waals surface area contributed by atoms with E-state index in [1.807, 2.05) is 38.2 Å². The van der Waals surface area contributed by atoms with Crippen molar-refractivity contribution in [2.45, 2.75) is 6.54 Å². The normalized spacial score (nSPS) is 10.2. The van der Waals surface area contributed by atoms with Crippen LogP contribution in [0.25, 0.3) is 0 Å². The lowest BCUT2D eigenvalue weighted by atomic mass is 10.2. The first-order chi connectivity index (χ1) is 8.66. The third-order valence-corrected chi connectivity index (χ3v) is 2.68. The van der Waals surface area contributed by atoms with Crippen LogP contribution < -0.4 is 9.80 Å². The summed E-state index contributed by atoms with van der Waals surface area (Å²) in [6, 6.07) is 12.3. The van der Waals surface area contributed by atoms with Crippen LogP contribution in [0, 0.1) is 0 Å². The van der Waals surface area contributed by atoms with Gasteiger partial charge in [0.1, 0.15) is 5.82 Å². The highest BCUT2D eigenvalue weighted by atomic mass is 15.3. The quantitative estimate of drug-likeness (QED) is 0.822. The maximum absolute atomic E-state index is 4.51. The molecule has 0 unspecified atom stereocenters. The molecule has 2 rings (SSSR count). The van der Waals surface area contributed by atoms with Gasteiger partial charge in [-0.05, 0) is 11.6 Å². The van der Waals surface area contributed by atoms with E-state index in [4.69, 9.17) is 0 Å². The minimum absolute atomic E-state index is 0.729. The van der Waals surface area contributed by atoms with Crippen LogP contribution in [-0.4, -0.2) is 31.1 Å². The maximum atomic E-state index is 4.51. The number of hydrogen-bond donors (Lipinski definition) is 0. The van der Waals surface area contributed by atoms with Gasteiger partial charge in [-0.15, -0.1) is 0 Å². The zero-order chi connectivity index (χ0) is 13.0. The second kappa shape index (κ2) is 5.49. The Morgan fingerprint density at radius 3 is 2.39 bits per heavy atom. The van der Waals surface area contributed by atoms with Gasteiger partial charge in [0.2, 0.25) is 5.95 Å². The van der Waals surface area contributed by atoms with Crippen LogP contribution >= 0.6 is 0 Å². The Morgan fingerprint density at radius 1 is 1.00 bits per heavy atom. The van der Waals surface area contributed by atoms with Gasteiger partial charge in [-0.3, -0.25) is 0 Å². The molecule has 0 bridgehead atoms. The summed E-state index contributed by atoms with van der Waals surface area (Å²) >= 11 is 0. The average Bonchev–Trinajstić information content (AvgIpc) is 2.40. The predicted octanol–water partition coefficient (Wildman–Crippen LogP) is 2.18. The lowest BCUT2D eigenvalue weighted by molar-refractivity contribution is 0.881. The van der Waals surface area contributed by atoms with Gasteiger partial charge in [0.25, 0.3) is 0 Å². The highest BCUT2D eigenvalue weighted by molar-refractivity contribution is 5.43. The van der Waals surface area contributed by atoms with Crippen LogP contribution in [0.3, 0.4) is 0 Å². The van der Waals surface area contributed by atoms with Crippen LogP contribution in [0.1, 0.15) is 5.56 Å². The first kappa shape index (κ1) is 12.4. The average molecular weight is 242 g/mol. The SMILES string of the molecule is CN(C)c1nccc(N(C)Cc2ccccc2)n1. The van der Waals surface area contributed by atoms with Crippen LogP contribution in [0.5, 0.6) is 0 Å². The van der Waals surface area contributed by atoms with E-state index >= 15 is 0 Å². The monoisotopic (exact) mass is 242 g/mol. The molecule has 0 aliphatic carbocycles. The maximum Gasteiger partial charge on any atom is 0.226 e. The van der Waals surface area contributed by atoms with Crippen molar-refractivity contribution >= 4 is 11.8 Å². The van der Waals surface area contributed by atoms with Crippen LogP contribution in [0.2, 0.25) is 0 Å². The summed E-state index contributed by atoms with van der Waals surface area (Å²) in [6.07, 6.45) is 1.79. The number of anilines is 2. The van der Waals surface area contributed by atoms with Crippen molar-refractivity contribution in [3.05, 3.63) is 48.2 Å². The largest absolute Gasteiger partial charge is 0.355 e. The number of rotatable bonds is 4. The van der Waals surface area contributed by atoms with Crippen molar-refractivity contribution < 1.29 is 0 Å². The van der Waals surface area contributed by atoms with Crippen molar-refractivity contribution in [2.75, 3.05) is 30.9 Å². The summed E-state index contributed by atoms with van der Waals surface area (Å²) in [5.41, 5.74) is 1.27. The molecule has 1 aromatic heterocycles. The highest BCUT2D eigenvalue weighted by Gasteiger charge is 2.06. The fourth-order valence-electron chi connectivity index (χ4n) is 1.71. The molecule has 0 saturated carbocycles. The Hall–Kier alpha value is -2.10. The topological polar surface area (TPSA) is 32.3 Å². The van der Waals surface area contributed by atoms with E-state index in [0.29, 0.717) is 0 Å². The molecule has 0 fully saturated rings. The molecule has 0 spiro atoms. The molecule has 94 valence electrons. The number of aromatic nitrogens is 2. The summed E-state index contributed by atoms with van der Waals surface area (Å²) in [4.78, 5) is 12.7. The number of hydrogen-bond acceptors (Lipinski definition) is 4. The van der Waals surface area contributed by atoms with E-state index in [1.54, 1.807) is 6.20 Å². The standard InChI is InChI=1S/C14H18N4/c1-17(2)14-15-10-9-13(16-14)18(3)11-12-7-5-4-6-8-12/h4-10H,11H2,1-3H3. The van der Waals surface area contributed by atoms with E-state index in [0.717, 1.165) is 18.3 Å². The number of benzene rings is 1. The van der Waals surface area contributed by atoms with E-state index in [9.17, 15) is 0 Å². The fourth-order valence-corrected chi connectivity index (χ4v) is 1.71. The molecule has 2 aromatic rings. The smallest absolute Gasteiger partial charge is 0.226 e. The molecule has 1 heterocycles. The highest BCUT2D eigenvalue weighted by Crippen LogP contribution is 2.14. The third-order valence-electron chi connectivity index (χ3n) is 2.68. The van der Waals surface area contributed by atoms with Crippen LogP contribution in [0.4, 0.5) is 11.8 Å². The molecule has 0 aliphatic rings. The fraction of sp³-hybridized carbons (Fsp3) is 0.286.